The molecule has 0 saturated carbocycles. The lowest BCUT2D eigenvalue weighted by molar-refractivity contribution is 0.749. The molecular weight excluding hydrogens is 188 g/mol. The van der Waals surface area contributed by atoms with E-state index in [1.54, 1.807) is 0 Å². The second kappa shape index (κ2) is 3.24. The number of hydrogen-bond acceptors (Lipinski definition) is 3. The molecule has 2 aromatic heterocycles. The van der Waals surface area contributed by atoms with Crippen LogP contribution in [0.2, 0.25) is 0 Å². The summed E-state index contributed by atoms with van der Waals surface area (Å²) in [7, 11) is 0. The van der Waals surface area contributed by atoms with Gasteiger partial charge in [0, 0.05) is 19.1 Å². The first-order valence-corrected chi connectivity index (χ1v) is 5.28. The van der Waals surface area contributed by atoms with Gasteiger partial charge in [-0.1, -0.05) is 6.07 Å². The van der Waals surface area contributed by atoms with Crippen molar-refractivity contribution < 1.29 is 0 Å². The molecule has 15 heavy (non-hydrogen) atoms. The van der Waals surface area contributed by atoms with E-state index in [0.29, 0.717) is 6.04 Å². The molecule has 1 atom stereocenters. The summed E-state index contributed by atoms with van der Waals surface area (Å²) in [4.78, 5) is 2.30. The molecule has 1 aliphatic rings. The second-order valence-electron chi connectivity index (χ2n) is 4.05. The fraction of sp³-hybridized carbons (Fsp3) is 0.364. The van der Waals surface area contributed by atoms with Crippen LogP contribution in [0.4, 0.5) is 5.82 Å². The molecule has 0 radical (unpaired) electrons. The third-order valence-electron chi connectivity index (χ3n) is 2.95. The van der Waals surface area contributed by atoms with Gasteiger partial charge in [0.1, 0.15) is 5.82 Å². The number of rotatable bonds is 1. The summed E-state index contributed by atoms with van der Waals surface area (Å²) < 4.78 is 1.97. The van der Waals surface area contributed by atoms with E-state index in [1.807, 2.05) is 16.8 Å². The van der Waals surface area contributed by atoms with E-state index in [4.69, 9.17) is 5.73 Å². The van der Waals surface area contributed by atoms with Crippen LogP contribution in [0.5, 0.6) is 0 Å². The van der Waals surface area contributed by atoms with Crippen LogP contribution in [0.15, 0.2) is 30.5 Å². The standard InChI is InChI=1S/C11H14N4/c12-9-5-7-14(8-9)11-3-1-2-10-4-6-13-15(10)11/h1-4,6,9H,5,7-8,12H2/t9-/m1/s1. The molecule has 2 aromatic rings. The van der Waals surface area contributed by atoms with E-state index in [0.717, 1.165) is 30.8 Å². The molecule has 1 fully saturated rings. The molecular formula is C11H14N4. The Morgan fingerprint density at radius 1 is 1.33 bits per heavy atom. The van der Waals surface area contributed by atoms with E-state index in [9.17, 15) is 0 Å². The van der Waals surface area contributed by atoms with Gasteiger partial charge in [-0.15, -0.1) is 0 Å². The van der Waals surface area contributed by atoms with Crippen molar-refractivity contribution in [2.24, 2.45) is 5.73 Å². The molecule has 0 spiro atoms. The van der Waals surface area contributed by atoms with Crippen LogP contribution < -0.4 is 10.6 Å². The zero-order valence-corrected chi connectivity index (χ0v) is 8.50. The van der Waals surface area contributed by atoms with Crippen molar-refractivity contribution in [3.05, 3.63) is 30.5 Å². The van der Waals surface area contributed by atoms with Gasteiger partial charge >= 0.3 is 0 Å². The van der Waals surface area contributed by atoms with E-state index in [1.165, 1.54) is 0 Å². The number of nitrogens with zero attached hydrogens (tertiary/aromatic N) is 3. The highest BCUT2D eigenvalue weighted by Gasteiger charge is 2.20. The van der Waals surface area contributed by atoms with E-state index in [-0.39, 0.29) is 0 Å². The van der Waals surface area contributed by atoms with Gasteiger partial charge < -0.3 is 10.6 Å². The number of pyridine rings is 1. The molecule has 0 bridgehead atoms. The monoisotopic (exact) mass is 202 g/mol. The lowest BCUT2D eigenvalue weighted by atomic mass is 10.3. The third-order valence-corrected chi connectivity index (χ3v) is 2.95. The predicted molar refractivity (Wildman–Crippen MR) is 60.0 cm³/mol. The number of fused-ring (bicyclic) bond motifs is 1. The molecule has 3 rings (SSSR count). The summed E-state index contributed by atoms with van der Waals surface area (Å²) in [5.41, 5.74) is 7.04. The smallest absolute Gasteiger partial charge is 0.130 e. The highest BCUT2D eigenvalue weighted by atomic mass is 15.3. The van der Waals surface area contributed by atoms with Crippen LogP contribution in [0.3, 0.4) is 0 Å². The van der Waals surface area contributed by atoms with Gasteiger partial charge in [0.05, 0.1) is 11.7 Å². The molecule has 0 aromatic carbocycles. The Morgan fingerprint density at radius 2 is 2.27 bits per heavy atom. The second-order valence-corrected chi connectivity index (χ2v) is 4.05. The van der Waals surface area contributed by atoms with Gasteiger partial charge in [-0.3, -0.25) is 0 Å². The lowest BCUT2D eigenvalue weighted by Gasteiger charge is -2.18. The first kappa shape index (κ1) is 8.73. The minimum absolute atomic E-state index is 0.302. The number of aromatic nitrogens is 2. The van der Waals surface area contributed by atoms with Crippen molar-refractivity contribution in [3.8, 4) is 0 Å². The summed E-state index contributed by atoms with van der Waals surface area (Å²) in [5, 5.41) is 4.32. The maximum Gasteiger partial charge on any atom is 0.130 e. The normalized spacial score (nSPS) is 21.4. The molecule has 0 unspecified atom stereocenters. The van der Waals surface area contributed by atoms with Gasteiger partial charge in [0.2, 0.25) is 0 Å². The minimum atomic E-state index is 0.302. The van der Waals surface area contributed by atoms with Gasteiger partial charge in [0.25, 0.3) is 0 Å². The molecule has 2 N–H and O–H groups in total. The van der Waals surface area contributed by atoms with Crippen molar-refractivity contribution in [3.63, 3.8) is 0 Å². The van der Waals surface area contributed by atoms with Crippen LogP contribution >= 0.6 is 0 Å². The first-order chi connectivity index (χ1) is 7.34. The maximum absolute atomic E-state index is 5.91. The van der Waals surface area contributed by atoms with Crippen molar-refractivity contribution in [2.75, 3.05) is 18.0 Å². The van der Waals surface area contributed by atoms with Crippen LogP contribution in [-0.4, -0.2) is 28.7 Å². The van der Waals surface area contributed by atoms with Gasteiger partial charge in [0.15, 0.2) is 0 Å². The van der Waals surface area contributed by atoms with Gasteiger partial charge in [-0.2, -0.15) is 5.10 Å². The maximum atomic E-state index is 5.91. The fourth-order valence-electron chi connectivity index (χ4n) is 2.17. The Balaban J connectivity index is 2.06. The largest absolute Gasteiger partial charge is 0.355 e. The van der Waals surface area contributed by atoms with Crippen LogP contribution in [-0.2, 0) is 0 Å². The summed E-state index contributed by atoms with van der Waals surface area (Å²) in [6.45, 7) is 1.96. The number of hydrogen-bond donors (Lipinski definition) is 1. The van der Waals surface area contributed by atoms with Crippen molar-refractivity contribution in [1.29, 1.82) is 0 Å². The molecule has 78 valence electrons. The Labute approximate surface area is 88.3 Å². The van der Waals surface area contributed by atoms with Crippen LogP contribution in [0, 0.1) is 0 Å². The lowest BCUT2D eigenvalue weighted by Crippen LogP contribution is -2.27. The Morgan fingerprint density at radius 3 is 3.07 bits per heavy atom. The quantitative estimate of drug-likeness (QED) is 0.746. The topological polar surface area (TPSA) is 46.6 Å². The van der Waals surface area contributed by atoms with Gasteiger partial charge in [-0.05, 0) is 24.6 Å². The third kappa shape index (κ3) is 1.37. The highest BCUT2D eigenvalue weighted by Crippen LogP contribution is 2.20. The summed E-state index contributed by atoms with van der Waals surface area (Å²) in [6, 6.07) is 8.54. The average molecular weight is 202 g/mol. The molecule has 4 heteroatoms. The Bertz CT molecular complexity index is 476. The summed E-state index contributed by atoms with van der Waals surface area (Å²) in [6.07, 6.45) is 2.90. The Kier molecular flexibility index (Phi) is 1.89. The number of nitrogens with two attached hydrogens (primary N) is 1. The van der Waals surface area contributed by atoms with Crippen LogP contribution in [0.1, 0.15) is 6.42 Å². The minimum Gasteiger partial charge on any atom is -0.355 e. The summed E-state index contributed by atoms with van der Waals surface area (Å²) >= 11 is 0. The molecule has 3 heterocycles. The van der Waals surface area contributed by atoms with Crippen molar-refractivity contribution in [1.82, 2.24) is 9.61 Å². The number of anilines is 1. The van der Waals surface area contributed by atoms with E-state index in [2.05, 4.69) is 28.2 Å². The molecule has 4 nitrogen and oxygen atoms in total. The first-order valence-electron chi connectivity index (χ1n) is 5.28. The SMILES string of the molecule is N[C@@H]1CCN(c2cccc3ccnn23)C1. The molecule has 1 saturated heterocycles. The molecule has 1 aliphatic heterocycles. The zero-order valence-electron chi connectivity index (χ0n) is 8.50. The summed E-state index contributed by atoms with van der Waals surface area (Å²) in [5.74, 6) is 1.14. The van der Waals surface area contributed by atoms with Gasteiger partial charge in [-0.25, -0.2) is 4.52 Å². The zero-order chi connectivity index (χ0) is 10.3. The van der Waals surface area contributed by atoms with Crippen molar-refractivity contribution in [2.45, 2.75) is 12.5 Å². The van der Waals surface area contributed by atoms with Crippen LogP contribution in [0.25, 0.3) is 5.52 Å². The fourth-order valence-corrected chi connectivity index (χ4v) is 2.17. The van der Waals surface area contributed by atoms with E-state index < -0.39 is 0 Å². The van der Waals surface area contributed by atoms with E-state index >= 15 is 0 Å². The van der Waals surface area contributed by atoms with Crippen molar-refractivity contribution >= 4 is 11.3 Å². The predicted octanol–water partition coefficient (Wildman–Crippen LogP) is 0.872. The highest BCUT2D eigenvalue weighted by molar-refractivity contribution is 5.54. The average Bonchev–Trinajstić information content (AvgIpc) is 2.84. The molecule has 0 aliphatic carbocycles. The molecule has 0 amide bonds. The Hall–Kier alpha value is -1.55.